The summed E-state index contributed by atoms with van der Waals surface area (Å²) in [6.45, 7) is 5.08. The van der Waals surface area contributed by atoms with Crippen LogP contribution in [0.2, 0.25) is 0 Å². The summed E-state index contributed by atoms with van der Waals surface area (Å²) in [5.41, 5.74) is 0. The Morgan fingerprint density at radius 1 is 1.39 bits per heavy atom. The zero-order valence-corrected chi connectivity index (χ0v) is 11.2. The number of nitrogens with one attached hydrogen (secondary N) is 2. The molecule has 2 unspecified atom stereocenters. The predicted octanol–water partition coefficient (Wildman–Crippen LogP) is 2.19. The van der Waals surface area contributed by atoms with E-state index < -0.39 is 0 Å². The van der Waals surface area contributed by atoms with E-state index in [4.69, 9.17) is 4.74 Å². The van der Waals surface area contributed by atoms with Crippen molar-refractivity contribution >= 4 is 0 Å². The molecule has 1 saturated heterocycles. The van der Waals surface area contributed by atoms with E-state index in [1.165, 1.54) is 25.8 Å². The van der Waals surface area contributed by atoms with Crippen LogP contribution in [0.3, 0.4) is 0 Å². The molecule has 0 aromatic heterocycles. The maximum Gasteiger partial charge on any atom is 0.119 e. The van der Waals surface area contributed by atoms with Gasteiger partial charge < -0.3 is 15.4 Å². The van der Waals surface area contributed by atoms with Crippen molar-refractivity contribution in [2.75, 3.05) is 19.7 Å². The summed E-state index contributed by atoms with van der Waals surface area (Å²) in [4.78, 5) is 0. The number of ether oxygens (including phenoxy) is 1. The van der Waals surface area contributed by atoms with Gasteiger partial charge in [0.15, 0.2) is 0 Å². The van der Waals surface area contributed by atoms with Gasteiger partial charge in [0.2, 0.25) is 0 Å². The van der Waals surface area contributed by atoms with Gasteiger partial charge in [0.05, 0.1) is 0 Å². The van der Waals surface area contributed by atoms with Gasteiger partial charge in [-0.3, -0.25) is 0 Å². The highest BCUT2D eigenvalue weighted by Crippen LogP contribution is 2.11. The normalized spacial score (nSPS) is 20.8. The van der Waals surface area contributed by atoms with Crippen LogP contribution in [0.25, 0.3) is 0 Å². The molecular formula is C15H24N2O. The number of rotatable bonds is 7. The molecule has 0 spiro atoms. The summed E-state index contributed by atoms with van der Waals surface area (Å²) in [6, 6.07) is 11.2. The second kappa shape index (κ2) is 7.39. The Morgan fingerprint density at radius 3 is 2.94 bits per heavy atom. The van der Waals surface area contributed by atoms with E-state index >= 15 is 0 Å². The molecule has 2 rings (SSSR count). The molecule has 0 aliphatic carbocycles. The third-order valence-corrected chi connectivity index (χ3v) is 3.41. The SMILES string of the molecule is CC(CC1CCCN1)NCCOc1ccccc1. The molecular weight excluding hydrogens is 224 g/mol. The molecule has 100 valence electrons. The summed E-state index contributed by atoms with van der Waals surface area (Å²) >= 11 is 0. The third-order valence-electron chi connectivity index (χ3n) is 3.41. The monoisotopic (exact) mass is 248 g/mol. The average molecular weight is 248 g/mol. The first kappa shape index (κ1) is 13.4. The van der Waals surface area contributed by atoms with Crippen molar-refractivity contribution in [2.24, 2.45) is 0 Å². The molecule has 2 N–H and O–H groups in total. The lowest BCUT2D eigenvalue weighted by Gasteiger charge is -2.18. The first-order chi connectivity index (χ1) is 8.84. The van der Waals surface area contributed by atoms with E-state index in [-0.39, 0.29) is 0 Å². The fourth-order valence-electron chi connectivity index (χ4n) is 2.46. The van der Waals surface area contributed by atoms with Gasteiger partial charge >= 0.3 is 0 Å². The van der Waals surface area contributed by atoms with Crippen LogP contribution in [0.1, 0.15) is 26.2 Å². The van der Waals surface area contributed by atoms with Crippen LogP contribution < -0.4 is 15.4 Å². The number of hydrogen-bond acceptors (Lipinski definition) is 3. The quantitative estimate of drug-likeness (QED) is 0.726. The molecule has 3 nitrogen and oxygen atoms in total. The highest BCUT2D eigenvalue weighted by molar-refractivity contribution is 5.20. The molecule has 0 saturated carbocycles. The van der Waals surface area contributed by atoms with Crippen molar-refractivity contribution in [1.82, 2.24) is 10.6 Å². The van der Waals surface area contributed by atoms with E-state index in [9.17, 15) is 0 Å². The molecule has 1 aromatic rings. The van der Waals surface area contributed by atoms with Gasteiger partial charge in [0.25, 0.3) is 0 Å². The smallest absolute Gasteiger partial charge is 0.119 e. The van der Waals surface area contributed by atoms with Crippen LogP contribution in [0.4, 0.5) is 0 Å². The minimum absolute atomic E-state index is 0.556. The maximum absolute atomic E-state index is 5.65. The fourth-order valence-corrected chi connectivity index (χ4v) is 2.46. The standard InChI is InChI=1S/C15H24N2O/c1-13(12-14-6-5-9-17-14)16-10-11-18-15-7-3-2-4-8-15/h2-4,7-8,13-14,16-17H,5-6,9-12H2,1H3. The number of para-hydroxylation sites is 1. The van der Waals surface area contributed by atoms with Gasteiger partial charge in [0, 0.05) is 18.6 Å². The van der Waals surface area contributed by atoms with Crippen LogP contribution in [-0.4, -0.2) is 31.8 Å². The molecule has 1 aliphatic heterocycles. The molecule has 1 fully saturated rings. The Hall–Kier alpha value is -1.06. The van der Waals surface area contributed by atoms with E-state index in [1.807, 2.05) is 30.3 Å². The molecule has 3 heteroatoms. The van der Waals surface area contributed by atoms with Crippen molar-refractivity contribution in [3.8, 4) is 5.75 Å². The lowest BCUT2D eigenvalue weighted by molar-refractivity contribution is 0.301. The third kappa shape index (κ3) is 4.67. The molecule has 1 heterocycles. The molecule has 1 aromatic carbocycles. The van der Waals surface area contributed by atoms with Crippen LogP contribution in [0.5, 0.6) is 5.75 Å². The van der Waals surface area contributed by atoms with E-state index in [1.54, 1.807) is 0 Å². The summed E-state index contributed by atoms with van der Waals surface area (Å²) in [5.74, 6) is 0.949. The number of hydrogen-bond donors (Lipinski definition) is 2. The van der Waals surface area contributed by atoms with Crippen LogP contribution in [0.15, 0.2) is 30.3 Å². The predicted molar refractivity (Wildman–Crippen MR) is 75.0 cm³/mol. The van der Waals surface area contributed by atoms with Gasteiger partial charge in [-0.15, -0.1) is 0 Å². The Morgan fingerprint density at radius 2 is 2.22 bits per heavy atom. The van der Waals surface area contributed by atoms with E-state index in [0.717, 1.165) is 18.9 Å². The zero-order chi connectivity index (χ0) is 12.6. The van der Waals surface area contributed by atoms with E-state index in [0.29, 0.717) is 12.1 Å². The van der Waals surface area contributed by atoms with Gasteiger partial charge in [-0.05, 0) is 44.9 Å². The first-order valence-corrected chi connectivity index (χ1v) is 6.99. The molecule has 2 atom stereocenters. The van der Waals surface area contributed by atoms with Crippen molar-refractivity contribution in [3.05, 3.63) is 30.3 Å². The summed E-state index contributed by atoms with van der Waals surface area (Å²) in [5, 5.41) is 7.05. The van der Waals surface area contributed by atoms with E-state index in [2.05, 4.69) is 17.6 Å². The Labute approximate surface area is 110 Å². The Kier molecular flexibility index (Phi) is 5.49. The molecule has 1 aliphatic rings. The zero-order valence-electron chi connectivity index (χ0n) is 11.2. The number of benzene rings is 1. The molecule has 0 radical (unpaired) electrons. The van der Waals surface area contributed by atoms with Crippen LogP contribution in [-0.2, 0) is 0 Å². The Balaban J connectivity index is 1.54. The summed E-state index contributed by atoms with van der Waals surface area (Å²) in [6.07, 6.45) is 3.87. The average Bonchev–Trinajstić information content (AvgIpc) is 2.89. The molecule has 18 heavy (non-hydrogen) atoms. The largest absolute Gasteiger partial charge is 0.492 e. The fraction of sp³-hybridized carbons (Fsp3) is 0.600. The highest BCUT2D eigenvalue weighted by Gasteiger charge is 2.16. The molecule has 0 bridgehead atoms. The summed E-state index contributed by atoms with van der Waals surface area (Å²) < 4.78 is 5.65. The van der Waals surface area contributed by atoms with Gasteiger partial charge in [-0.2, -0.15) is 0 Å². The minimum Gasteiger partial charge on any atom is -0.492 e. The lowest BCUT2D eigenvalue weighted by Crippen LogP contribution is -2.35. The van der Waals surface area contributed by atoms with Crippen LogP contribution >= 0.6 is 0 Å². The summed E-state index contributed by atoms with van der Waals surface area (Å²) in [7, 11) is 0. The Bertz CT molecular complexity index is 323. The minimum atomic E-state index is 0.556. The van der Waals surface area contributed by atoms with Crippen molar-refractivity contribution in [1.29, 1.82) is 0 Å². The van der Waals surface area contributed by atoms with Crippen LogP contribution in [0, 0.1) is 0 Å². The van der Waals surface area contributed by atoms with Gasteiger partial charge in [-0.25, -0.2) is 0 Å². The lowest BCUT2D eigenvalue weighted by atomic mass is 10.1. The van der Waals surface area contributed by atoms with Crippen molar-refractivity contribution < 1.29 is 4.74 Å². The topological polar surface area (TPSA) is 33.3 Å². The second-order valence-corrected chi connectivity index (χ2v) is 5.05. The van der Waals surface area contributed by atoms with Crippen molar-refractivity contribution in [2.45, 2.75) is 38.3 Å². The highest BCUT2D eigenvalue weighted by atomic mass is 16.5. The molecule has 0 amide bonds. The van der Waals surface area contributed by atoms with Gasteiger partial charge in [-0.1, -0.05) is 18.2 Å². The first-order valence-electron chi connectivity index (χ1n) is 6.99. The second-order valence-electron chi connectivity index (χ2n) is 5.05. The van der Waals surface area contributed by atoms with Crippen molar-refractivity contribution in [3.63, 3.8) is 0 Å². The maximum atomic E-state index is 5.65. The van der Waals surface area contributed by atoms with Gasteiger partial charge in [0.1, 0.15) is 12.4 Å².